The lowest BCUT2D eigenvalue weighted by molar-refractivity contribution is 0.218. The SMILES string of the molecule is CC1CCC(C)N(S(=O)(=O)c2cc(CCl)cs2)C1. The highest BCUT2D eigenvalue weighted by Crippen LogP contribution is 2.31. The van der Waals surface area contributed by atoms with Crippen molar-refractivity contribution >= 4 is 33.0 Å². The number of thiophene rings is 1. The molecule has 0 spiro atoms. The molecule has 3 nitrogen and oxygen atoms in total. The number of hydrogen-bond acceptors (Lipinski definition) is 3. The van der Waals surface area contributed by atoms with Gasteiger partial charge < -0.3 is 0 Å². The molecule has 2 unspecified atom stereocenters. The first-order valence-corrected chi connectivity index (χ1v) is 8.95. The summed E-state index contributed by atoms with van der Waals surface area (Å²) in [6.07, 6.45) is 2.04. The lowest BCUT2D eigenvalue weighted by Crippen LogP contribution is -2.44. The van der Waals surface area contributed by atoms with Gasteiger partial charge in [-0.2, -0.15) is 4.31 Å². The first-order valence-electron chi connectivity index (χ1n) is 6.10. The van der Waals surface area contributed by atoms with Gasteiger partial charge in [-0.25, -0.2) is 8.42 Å². The fourth-order valence-corrected chi connectivity index (χ4v) is 5.62. The molecule has 1 saturated heterocycles. The van der Waals surface area contributed by atoms with E-state index in [0.717, 1.165) is 18.4 Å². The minimum atomic E-state index is -3.34. The van der Waals surface area contributed by atoms with Crippen LogP contribution in [0.25, 0.3) is 0 Å². The van der Waals surface area contributed by atoms with Gasteiger partial charge in [0.15, 0.2) is 0 Å². The quantitative estimate of drug-likeness (QED) is 0.804. The topological polar surface area (TPSA) is 37.4 Å². The highest BCUT2D eigenvalue weighted by molar-refractivity contribution is 7.91. The Hall–Kier alpha value is -0.100. The van der Waals surface area contributed by atoms with Crippen LogP contribution in [0.4, 0.5) is 0 Å². The first kappa shape index (κ1) is 14.3. The van der Waals surface area contributed by atoms with Crippen LogP contribution in [0.5, 0.6) is 0 Å². The van der Waals surface area contributed by atoms with E-state index >= 15 is 0 Å². The van der Waals surface area contributed by atoms with Crippen LogP contribution in [-0.2, 0) is 15.9 Å². The lowest BCUT2D eigenvalue weighted by atomic mass is 9.97. The zero-order valence-electron chi connectivity index (χ0n) is 10.6. The van der Waals surface area contributed by atoms with Gasteiger partial charge in [0.25, 0.3) is 10.0 Å². The number of hydrogen-bond donors (Lipinski definition) is 0. The Bertz CT molecular complexity index is 512. The normalized spacial score (nSPS) is 26.4. The Morgan fingerprint density at radius 3 is 2.78 bits per heavy atom. The van der Waals surface area contributed by atoms with Crippen LogP contribution < -0.4 is 0 Å². The molecule has 102 valence electrons. The summed E-state index contributed by atoms with van der Waals surface area (Å²) in [6, 6.07) is 1.78. The van der Waals surface area contributed by atoms with Crippen molar-refractivity contribution in [3.63, 3.8) is 0 Å². The van der Waals surface area contributed by atoms with Crippen molar-refractivity contribution in [3.8, 4) is 0 Å². The van der Waals surface area contributed by atoms with E-state index < -0.39 is 10.0 Å². The second kappa shape index (κ2) is 5.49. The molecule has 2 heterocycles. The Morgan fingerprint density at radius 1 is 1.44 bits per heavy atom. The highest BCUT2D eigenvalue weighted by Gasteiger charge is 2.34. The van der Waals surface area contributed by atoms with Crippen LogP contribution in [0.15, 0.2) is 15.7 Å². The molecule has 1 aliphatic heterocycles. The predicted octanol–water partition coefficient (Wildman–Crippen LogP) is 3.30. The Morgan fingerprint density at radius 2 is 2.17 bits per heavy atom. The zero-order chi connectivity index (χ0) is 13.3. The van der Waals surface area contributed by atoms with Crippen molar-refractivity contribution in [1.29, 1.82) is 0 Å². The highest BCUT2D eigenvalue weighted by atomic mass is 35.5. The molecule has 1 aromatic rings. The van der Waals surface area contributed by atoms with Gasteiger partial charge in [-0.1, -0.05) is 6.92 Å². The van der Waals surface area contributed by atoms with Crippen molar-refractivity contribution < 1.29 is 8.42 Å². The standard InChI is InChI=1S/C12H18ClNO2S2/c1-9-3-4-10(2)14(7-9)18(15,16)12-5-11(6-13)8-17-12/h5,8-10H,3-4,6-7H2,1-2H3. The number of alkyl halides is 1. The molecule has 0 radical (unpaired) electrons. The number of halogens is 1. The Balaban J connectivity index is 2.29. The minimum absolute atomic E-state index is 0.0905. The monoisotopic (exact) mass is 307 g/mol. The van der Waals surface area contributed by atoms with Crippen LogP contribution >= 0.6 is 22.9 Å². The van der Waals surface area contributed by atoms with Crippen molar-refractivity contribution in [2.75, 3.05) is 6.54 Å². The Kier molecular flexibility index (Phi) is 4.36. The molecule has 0 aliphatic carbocycles. The molecule has 1 aromatic heterocycles. The summed E-state index contributed by atoms with van der Waals surface area (Å²) in [6.45, 7) is 4.71. The molecule has 0 N–H and O–H groups in total. The molecule has 6 heteroatoms. The van der Waals surface area contributed by atoms with Gasteiger partial charge >= 0.3 is 0 Å². The van der Waals surface area contributed by atoms with Gasteiger partial charge in [0.1, 0.15) is 4.21 Å². The molecular formula is C12H18ClNO2S2. The maximum Gasteiger partial charge on any atom is 0.252 e. The van der Waals surface area contributed by atoms with Gasteiger partial charge in [0.2, 0.25) is 0 Å². The molecule has 0 amide bonds. The van der Waals surface area contributed by atoms with Crippen LogP contribution in [-0.4, -0.2) is 25.3 Å². The van der Waals surface area contributed by atoms with Gasteiger partial charge in [-0.3, -0.25) is 0 Å². The molecule has 0 saturated carbocycles. The van der Waals surface area contributed by atoms with Gasteiger partial charge in [0, 0.05) is 18.5 Å². The zero-order valence-corrected chi connectivity index (χ0v) is 13.0. The number of nitrogens with zero attached hydrogens (tertiary/aromatic N) is 1. The van der Waals surface area contributed by atoms with E-state index in [1.54, 1.807) is 10.4 Å². The Labute approximate surface area is 118 Å². The molecule has 0 bridgehead atoms. The van der Waals surface area contributed by atoms with E-state index in [1.807, 2.05) is 12.3 Å². The molecule has 18 heavy (non-hydrogen) atoms. The second-order valence-electron chi connectivity index (χ2n) is 5.01. The summed E-state index contributed by atoms with van der Waals surface area (Å²) in [5, 5.41) is 1.82. The molecule has 1 aliphatic rings. The lowest BCUT2D eigenvalue weighted by Gasteiger charge is -2.35. The minimum Gasteiger partial charge on any atom is -0.206 e. The second-order valence-corrected chi connectivity index (χ2v) is 8.31. The largest absolute Gasteiger partial charge is 0.252 e. The predicted molar refractivity (Wildman–Crippen MR) is 75.6 cm³/mol. The van der Waals surface area contributed by atoms with Crippen molar-refractivity contribution in [3.05, 3.63) is 17.0 Å². The number of sulfonamides is 1. The molecule has 1 fully saturated rings. The van der Waals surface area contributed by atoms with E-state index in [4.69, 9.17) is 11.6 Å². The summed E-state index contributed by atoms with van der Waals surface area (Å²) >= 11 is 6.99. The van der Waals surface area contributed by atoms with E-state index in [2.05, 4.69) is 6.92 Å². The van der Waals surface area contributed by atoms with E-state index in [9.17, 15) is 8.42 Å². The van der Waals surface area contributed by atoms with E-state index in [0.29, 0.717) is 22.6 Å². The third-order valence-electron chi connectivity index (χ3n) is 3.41. The fourth-order valence-electron chi connectivity index (χ4n) is 2.26. The van der Waals surface area contributed by atoms with Crippen molar-refractivity contribution in [2.24, 2.45) is 5.92 Å². The molecule has 0 aromatic carbocycles. The third-order valence-corrected chi connectivity index (χ3v) is 7.16. The van der Waals surface area contributed by atoms with Crippen LogP contribution in [0.2, 0.25) is 0 Å². The molecule has 2 atom stereocenters. The van der Waals surface area contributed by atoms with E-state index in [1.165, 1.54) is 11.3 Å². The van der Waals surface area contributed by atoms with Crippen LogP contribution in [0.3, 0.4) is 0 Å². The molecule has 2 rings (SSSR count). The average molecular weight is 308 g/mol. The number of rotatable bonds is 3. The first-order chi connectivity index (χ1) is 8.45. The summed E-state index contributed by atoms with van der Waals surface area (Å²) in [7, 11) is -3.34. The summed E-state index contributed by atoms with van der Waals surface area (Å²) in [4.78, 5) is 0. The fraction of sp³-hybridized carbons (Fsp3) is 0.667. The van der Waals surface area contributed by atoms with Gasteiger partial charge in [-0.05, 0) is 42.7 Å². The van der Waals surface area contributed by atoms with Gasteiger partial charge in [-0.15, -0.1) is 22.9 Å². The molecular weight excluding hydrogens is 290 g/mol. The maximum atomic E-state index is 12.6. The number of piperidine rings is 1. The third kappa shape index (κ3) is 2.74. The van der Waals surface area contributed by atoms with Gasteiger partial charge in [0.05, 0.1) is 0 Å². The van der Waals surface area contributed by atoms with E-state index in [-0.39, 0.29) is 6.04 Å². The smallest absolute Gasteiger partial charge is 0.206 e. The summed E-state index contributed by atoms with van der Waals surface area (Å²) < 4.78 is 27.2. The maximum absolute atomic E-state index is 12.6. The van der Waals surface area contributed by atoms with Crippen LogP contribution in [0.1, 0.15) is 32.3 Å². The van der Waals surface area contributed by atoms with Crippen LogP contribution in [0, 0.1) is 5.92 Å². The summed E-state index contributed by atoms with van der Waals surface area (Å²) in [5.41, 5.74) is 0.873. The van der Waals surface area contributed by atoms with Crippen molar-refractivity contribution in [2.45, 2.75) is 42.8 Å². The van der Waals surface area contributed by atoms with Crippen molar-refractivity contribution in [1.82, 2.24) is 4.31 Å². The average Bonchev–Trinajstić information content (AvgIpc) is 2.81. The summed E-state index contributed by atoms with van der Waals surface area (Å²) in [5.74, 6) is 0.793.